The summed E-state index contributed by atoms with van der Waals surface area (Å²) in [6.45, 7) is 2.36. The van der Waals surface area contributed by atoms with E-state index in [2.05, 4.69) is 35.2 Å². The van der Waals surface area contributed by atoms with Gasteiger partial charge in [-0.3, -0.25) is 4.99 Å². The van der Waals surface area contributed by atoms with Crippen LogP contribution < -0.4 is 15.8 Å². The Bertz CT molecular complexity index is 1590. The fraction of sp³-hybridized carbons (Fsp3) is 0.308. The molecule has 0 bridgehead atoms. The molecule has 39 heavy (non-hydrogen) atoms. The summed E-state index contributed by atoms with van der Waals surface area (Å²) < 4.78 is 41.0. The van der Waals surface area contributed by atoms with Crippen molar-refractivity contribution in [3.05, 3.63) is 72.1 Å². The van der Waals surface area contributed by atoms with Crippen molar-refractivity contribution in [2.75, 3.05) is 19.0 Å². The van der Waals surface area contributed by atoms with E-state index < -0.39 is 17.2 Å². The molecule has 3 N–H and O–H groups in total. The molecule has 1 saturated carbocycles. The van der Waals surface area contributed by atoms with Crippen molar-refractivity contribution in [3.63, 3.8) is 0 Å². The monoisotopic (exact) mass is 550 g/mol. The lowest BCUT2D eigenvalue weighted by molar-refractivity contribution is 0.184. The summed E-state index contributed by atoms with van der Waals surface area (Å²) in [6, 6.07) is 6.02. The van der Waals surface area contributed by atoms with Crippen LogP contribution in [0.15, 0.2) is 54.0 Å². The number of amidine groups is 1. The largest absolute Gasteiger partial charge is 0.468 e. The van der Waals surface area contributed by atoms with Crippen LogP contribution in [0.4, 0.5) is 20.3 Å². The lowest BCUT2D eigenvalue weighted by atomic mass is 9.85. The van der Waals surface area contributed by atoms with Gasteiger partial charge in [-0.05, 0) is 31.5 Å². The highest BCUT2D eigenvalue weighted by molar-refractivity contribution is 8.15. The average Bonchev–Trinajstić information content (AvgIpc) is 3.65. The van der Waals surface area contributed by atoms with Crippen LogP contribution in [0.25, 0.3) is 11.0 Å². The Morgan fingerprint density at radius 1 is 1.15 bits per heavy atom. The molecular formula is C26H24F2N8O2S. The first-order chi connectivity index (χ1) is 18.8. The minimum Gasteiger partial charge on any atom is -0.468 e. The third-order valence-corrected chi connectivity index (χ3v) is 8.26. The molecule has 4 aromatic rings. The molecule has 0 saturated heterocycles. The van der Waals surface area contributed by atoms with Crippen LogP contribution in [0.3, 0.4) is 0 Å². The molecule has 0 spiro atoms. The number of nitrogens with one attached hydrogen (secondary N) is 1. The van der Waals surface area contributed by atoms with Gasteiger partial charge in [0.05, 0.1) is 28.6 Å². The van der Waals surface area contributed by atoms with Crippen LogP contribution in [0, 0.1) is 17.6 Å². The number of fused-ring (bicyclic) bond motifs is 2. The molecule has 2 aliphatic rings. The molecule has 0 radical (unpaired) electrons. The first-order valence-electron chi connectivity index (χ1n) is 12.1. The number of nitrogens with two attached hydrogens (primary N) is 1. The van der Waals surface area contributed by atoms with E-state index in [1.165, 1.54) is 24.2 Å². The molecule has 1 fully saturated rings. The van der Waals surface area contributed by atoms with Crippen LogP contribution in [0.1, 0.15) is 24.7 Å². The van der Waals surface area contributed by atoms with Crippen LogP contribution >= 0.6 is 11.8 Å². The van der Waals surface area contributed by atoms with E-state index in [-0.39, 0.29) is 28.7 Å². The molecule has 3 atom stereocenters. The molecule has 1 aliphatic heterocycles. The smallest absolute Gasteiger partial charge is 0.233 e. The molecule has 13 heteroatoms. The number of anilines is 2. The van der Waals surface area contributed by atoms with Crippen LogP contribution in [0.5, 0.6) is 5.88 Å². The number of rotatable bonds is 8. The van der Waals surface area contributed by atoms with Crippen molar-refractivity contribution in [2.24, 2.45) is 16.6 Å². The van der Waals surface area contributed by atoms with Crippen molar-refractivity contribution in [3.8, 4) is 5.88 Å². The number of benzene rings is 1. The maximum Gasteiger partial charge on any atom is 0.233 e. The van der Waals surface area contributed by atoms with Gasteiger partial charge in [0.15, 0.2) is 28.4 Å². The first kappa shape index (κ1) is 25.3. The van der Waals surface area contributed by atoms with Crippen LogP contribution in [-0.2, 0) is 16.9 Å². The number of hydrogen-bond acceptors (Lipinski definition) is 11. The summed E-state index contributed by atoms with van der Waals surface area (Å²) in [5.74, 6) is -0.918. The summed E-state index contributed by atoms with van der Waals surface area (Å²) in [5.41, 5.74) is 6.41. The highest BCUT2D eigenvalue weighted by Crippen LogP contribution is 2.66. The average molecular weight is 551 g/mol. The Kier molecular flexibility index (Phi) is 6.26. The van der Waals surface area contributed by atoms with Crippen molar-refractivity contribution < 1.29 is 18.3 Å². The van der Waals surface area contributed by atoms with E-state index in [4.69, 9.17) is 15.2 Å². The quantitative estimate of drug-likeness (QED) is 0.330. The fourth-order valence-electron chi connectivity index (χ4n) is 5.13. The number of ether oxygens (including phenoxy) is 2. The normalized spacial score (nSPS) is 23.7. The minimum atomic E-state index is -1.06. The van der Waals surface area contributed by atoms with Gasteiger partial charge in [-0.2, -0.15) is 0 Å². The third-order valence-electron chi connectivity index (χ3n) is 6.98. The second-order valence-corrected chi connectivity index (χ2v) is 11.0. The summed E-state index contributed by atoms with van der Waals surface area (Å²) >= 11 is 1.43. The second-order valence-electron chi connectivity index (χ2n) is 9.59. The fourth-order valence-corrected chi connectivity index (χ4v) is 6.58. The summed E-state index contributed by atoms with van der Waals surface area (Å²) in [6.07, 6.45) is 6.97. The van der Waals surface area contributed by atoms with Gasteiger partial charge in [-0.1, -0.05) is 11.8 Å². The van der Waals surface area contributed by atoms with Gasteiger partial charge in [-0.15, -0.1) is 0 Å². The first-order valence-corrected chi connectivity index (χ1v) is 12.9. The third kappa shape index (κ3) is 4.61. The Morgan fingerprint density at radius 3 is 2.77 bits per heavy atom. The standard InChI is InChI=1S/C26H24F2N8O2S/c1-25(18-10-26(18,13-37-2)39-24(29)36-25)15-8-14(9-16(27)21(15)28)34-23-22-17(4-7-32-23)35-20(11-33-22)38-12-19-30-5-3-6-31-19/h3-9,11,18H,10,12-13H2,1-2H3,(H2,29,36)(H,32,34)/t18-,25+,26+/m0/s1. The molecule has 1 aliphatic carbocycles. The Labute approximate surface area is 226 Å². The number of pyridine rings is 1. The van der Waals surface area contributed by atoms with E-state index in [9.17, 15) is 4.39 Å². The number of methoxy groups -OCH3 is 1. The van der Waals surface area contributed by atoms with Crippen molar-refractivity contribution in [1.29, 1.82) is 0 Å². The van der Waals surface area contributed by atoms with E-state index in [0.717, 1.165) is 12.5 Å². The van der Waals surface area contributed by atoms with Crippen molar-refractivity contribution in [2.45, 2.75) is 30.2 Å². The molecule has 3 aromatic heterocycles. The zero-order valence-corrected chi connectivity index (χ0v) is 21.9. The number of nitrogens with zero attached hydrogens (tertiary/aromatic N) is 6. The van der Waals surface area contributed by atoms with Crippen molar-refractivity contribution in [1.82, 2.24) is 24.9 Å². The molecular weight excluding hydrogens is 526 g/mol. The summed E-state index contributed by atoms with van der Waals surface area (Å²) in [4.78, 5) is 26.1. The highest BCUT2D eigenvalue weighted by Gasteiger charge is 2.66. The lowest BCUT2D eigenvalue weighted by Crippen LogP contribution is -2.37. The molecule has 0 unspecified atom stereocenters. The Hall–Kier alpha value is -3.97. The number of thioether (sulfide) groups is 1. The second kappa shape index (κ2) is 9.65. The maximum absolute atomic E-state index is 15.3. The van der Waals surface area contributed by atoms with Gasteiger partial charge in [0, 0.05) is 48.9 Å². The minimum absolute atomic E-state index is 0.0624. The topological polar surface area (TPSA) is 133 Å². The molecule has 200 valence electrons. The molecule has 10 nitrogen and oxygen atoms in total. The lowest BCUT2D eigenvalue weighted by Gasteiger charge is -2.34. The summed E-state index contributed by atoms with van der Waals surface area (Å²) in [7, 11) is 1.61. The number of aromatic nitrogens is 5. The maximum atomic E-state index is 15.3. The van der Waals surface area contributed by atoms with Gasteiger partial charge < -0.3 is 20.5 Å². The summed E-state index contributed by atoms with van der Waals surface area (Å²) in [5, 5.41) is 3.40. The number of aliphatic imine (C=N–C) groups is 1. The predicted octanol–water partition coefficient (Wildman–Crippen LogP) is 4.10. The predicted molar refractivity (Wildman–Crippen MR) is 143 cm³/mol. The van der Waals surface area contributed by atoms with E-state index in [0.29, 0.717) is 40.1 Å². The van der Waals surface area contributed by atoms with Crippen LogP contribution in [-0.4, -0.2) is 48.6 Å². The molecule has 6 rings (SSSR count). The number of halogens is 2. The molecule has 1 aromatic carbocycles. The van der Waals surface area contributed by atoms with Gasteiger partial charge in [0.1, 0.15) is 12.1 Å². The van der Waals surface area contributed by atoms with E-state index in [1.54, 1.807) is 44.6 Å². The zero-order valence-electron chi connectivity index (χ0n) is 21.1. The van der Waals surface area contributed by atoms with Gasteiger partial charge in [-0.25, -0.2) is 33.7 Å². The van der Waals surface area contributed by atoms with E-state index >= 15 is 4.39 Å². The molecule has 0 amide bonds. The molecule has 4 heterocycles. The van der Waals surface area contributed by atoms with E-state index in [1.807, 2.05) is 0 Å². The van der Waals surface area contributed by atoms with Crippen LogP contribution in [0.2, 0.25) is 0 Å². The SMILES string of the molecule is COC[C@]12C[C@H]1[C@@](C)(c1cc(Nc3nccc4nc(OCc5ncccn5)cnc34)cc(F)c1F)N=C(N)S2. The van der Waals surface area contributed by atoms with Gasteiger partial charge in [0.2, 0.25) is 5.88 Å². The Morgan fingerprint density at radius 2 is 1.97 bits per heavy atom. The zero-order chi connectivity index (χ0) is 27.2. The van der Waals surface area contributed by atoms with Gasteiger partial charge in [0.25, 0.3) is 0 Å². The van der Waals surface area contributed by atoms with Gasteiger partial charge >= 0.3 is 0 Å². The Balaban J connectivity index is 1.30. The number of hydrogen-bond donors (Lipinski definition) is 2. The highest BCUT2D eigenvalue weighted by atomic mass is 32.2. The van der Waals surface area contributed by atoms with Crippen molar-refractivity contribution >= 4 is 39.5 Å².